The number of nitrogens with zero attached hydrogens (tertiary/aromatic N) is 6. The Labute approximate surface area is 213 Å². The average molecular weight is 507 g/mol. The number of amides is 2. The number of hydrogen-bond donors (Lipinski definition) is 1. The van der Waals surface area contributed by atoms with Crippen molar-refractivity contribution >= 4 is 22.8 Å². The molecule has 3 aromatic rings. The van der Waals surface area contributed by atoms with E-state index < -0.39 is 5.60 Å². The lowest BCUT2D eigenvalue weighted by molar-refractivity contribution is -0.137. The van der Waals surface area contributed by atoms with Gasteiger partial charge in [0.1, 0.15) is 11.7 Å². The van der Waals surface area contributed by atoms with Gasteiger partial charge >= 0.3 is 0 Å². The summed E-state index contributed by atoms with van der Waals surface area (Å²) in [7, 11) is 0. The van der Waals surface area contributed by atoms with Crippen LogP contribution in [0, 0.1) is 5.92 Å². The van der Waals surface area contributed by atoms with Gasteiger partial charge in [-0.15, -0.1) is 0 Å². The van der Waals surface area contributed by atoms with Gasteiger partial charge in [0, 0.05) is 37.7 Å². The van der Waals surface area contributed by atoms with Crippen LogP contribution in [0.25, 0.3) is 16.7 Å². The van der Waals surface area contributed by atoms with Crippen molar-refractivity contribution in [2.45, 2.75) is 37.8 Å². The first-order valence-corrected chi connectivity index (χ1v) is 12.8. The SMILES string of the molecule is O=C(c1ccc(-n2ncc3c(=O)n(CC4(O)CCN(C(=O)C5CC5)CC4)cnc32)cc1)N1CCOCC1. The van der Waals surface area contributed by atoms with Gasteiger partial charge in [-0.05, 0) is 49.9 Å². The van der Waals surface area contributed by atoms with Gasteiger partial charge in [0.2, 0.25) is 5.91 Å². The van der Waals surface area contributed by atoms with E-state index in [1.54, 1.807) is 33.8 Å². The van der Waals surface area contributed by atoms with Crippen molar-refractivity contribution in [1.82, 2.24) is 29.1 Å². The third-order valence-electron chi connectivity index (χ3n) is 7.61. The number of aliphatic hydroxyl groups is 1. The Morgan fingerprint density at radius 2 is 1.73 bits per heavy atom. The first-order valence-electron chi connectivity index (χ1n) is 12.8. The van der Waals surface area contributed by atoms with Crippen molar-refractivity contribution in [3.63, 3.8) is 0 Å². The van der Waals surface area contributed by atoms with Crippen LogP contribution in [-0.2, 0) is 16.1 Å². The fourth-order valence-electron chi connectivity index (χ4n) is 5.15. The highest BCUT2D eigenvalue weighted by molar-refractivity contribution is 5.94. The molecule has 2 saturated heterocycles. The minimum absolute atomic E-state index is 0.0399. The van der Waals surface area contributed by atoms with Crippen molar-refractivity contribution in [2.75, 3.05) is 39.4 Å². The zero-order valence-electron chi connectivity index (χ0n) is 20.6. The van der Waals surface area contributed by atoms with Crippen LogP contribution in [0.5, 0.6) is 0 Å². The quantitative estimate of drug-likeness (QED) is 0.544. The van der Waals surface area contributed by atoms with E-state index in [9.17, 15) is 19.5 Å². The Kier molecular flexibility index (Phi) is 6.04. The number of aromatic nitrogens is 4. The molecule has 0 radical (unpaired) electrons. The molecule has 3 fully saturated rings. The fourth-order valence-corrected chi connectivity index (χ4v) is 5.15. The molecule has 11 heteroatoms. The summed E-state index contributed by atoms with van der Waals surface area (Å²) in [5.74, 6) is 0.313. The Bertz CT molecular complexity index is 1380. The van der Waals surface area contributed by atoms with E-state index in [-0.39, 0.29) is 29.8 Å². The fraction of sp³-hybridized carbons (Fsp3) is 0.500. The van der Waals surface area contributed by atoms with E-state index >= 15 is 0 Å². The second kappa shape index (κ2) is 9.38. The van der Waals surface area contributed by atoms with Crippen LogP contribution in [0.15, 0.2) is 41.6 Å². The van der Waals surface area contributed by atoms with Crippen LogP contribution >= 0.6 is 0 Å². The zero-order chi connectivity index (χ0) is 25.6. The van der Waals surface area contributed by atoms with Crippen LogP contribution in [0.1, 0.15) is 36.0 Å². The summed E-state index contributed by atoms with van der Waals surface area (Å²) in [6, 6.07) is 7.06. The van der Waals surface area contributed by atoms with Gasteiger partial charge in [0.05, 0.1) is 37.2 Å². The number of fused-ring (bicyclic) bond motifs is 1. The van der Waals surface area contributed by atoms with E-state index in [0.717, 1.165) is 12.8 Å². The van der Waals surface area contributed by atoms with Gasteiger partial charge in [-0.1, -0.05) is 0 Å². The molecule has 11 nitrogen and oxygen atoms in total. The molecule has 1 saturated carbocycles. The van der Waals surface area contributed by atoms with Crippen LogP contribution < -0.4 is 5.56 Å². The third kappa shape index (κ3) is 4.64. The second-order valence-corrected chi connectivity index (χ2v) is 10.2. The number of carbonyl (C=O) groups excluding carboxylic acids is 2. The highest BCUT2D eigenvalue weighted by Gasteiger charge is 2.39. The van der Waals surface area contributed by atoms with E-state index in [1.165, 1.54) is 17.1 Å². The molecule has 3 aliphatic rings. The van der Waals surface area contributed by atoms with E-state index in [2.05, 4.69) is 10.1 Å². The molecule has 0 unspecified atom stereocenters. The summed E-state index contributed by atoms with van der Waals surface area (Å²) in [6.45, 7) is 3.35. The smallest absolute Gasteiger partial charge is 0.264 e. The summed E-state index contributed by atoms with van der Waals surface area (Å²) in [5, 5.41) is 15.9. The van der Waals surface area contributed by atoms with Crippen molar-refractivity contribution in [1.29, 1.82) is 0 Å². The van der Waals surface area contributed by atoms with Crippen molar-refractivity contribution in [3.05, 3.63) is 52.7 Å². The first kappa shape index (κ1) is 23.8. The van der Waals surface area contributed by atoms with E-state index in [1.807, 2.05) is 4.90 Å². The summed E-state index contributed by atoms with van der Waals surface area (Å²) in [6.07, 6.45) is 5.69. The molecule has 0 atom stereocenters. The minimum Gasteiger partial charge on any atom is -0.388 e. The average Bonchev–Trinajstić information content (AvgIpc) is 3.69. The molecule has 0 spiro atoms. The van der Waals surface area contributed by atoms with Gasteiger partial charge in [-0.25, -0.2) is 9.67 Å². The van der Waals surface area contributed by atoms with Crippen LogP contribution in [0.3, 0.4) is 0 Å². The molecule has 0 bridgehead atoms. The van der Waals surface area contributed by atoms with Gasteiger partial charge in [-0.3, -0.25) is 19.0 Å². The summed E-state index contributed by atoms with van der Waals surface area (Å²) >= 11 is 0. The monoisotopic (exact) mass is 506 g/mol. The zero-order valence-corrected chi connectivity index (χ0v) is 20.6. The molecule has 2 aliphatic heterocycles. The molecule has 6 rings (SSSR count). The maximum atomic E-state index is 13.2. The predicted molar refractivity (Wildman–Crippen MR) is 133 cm³/mol. The Morgan fingerprint density at radius 3 is 2.41 bits per heavy atom. The number of carbonyl (C=O) groups is 2. The normalized spacial score (nSPS) is 19.8. The maximum absolute atomic E-state index is 13.2. The number of piperidine rings is 1. The largest absolute Gasteiger partial charge is 0.388 e. The van der Waals surface area contributed by atoms with Crippen LogP contribution in [-0.4, -0.2) is 91.0 Å². The minimum atomic E-state index is -1.07. The maximum Gasteiger partial charge on any atom is 0.264 e. The lowest BCUT2D eigenvalue weighted by atomic mass is 9.91. The number of rotatable bonds is 5. The van der Waals surface area contributed by atoms with Crippen molar-refractivity contribution in [3.8, 4) is 5.69 Å². The van der Waals surface area contributed by atoms with Crippen LogP contribution in [0.2, 0.25) is 0 Å². The molecule has 2 aromatic heterocycles. The molecule has 37 heavy (non-hydrogen) atoms. The summed E-state index contributed by atoms with van der Waals surface area (Å²) in [5.41, 5.74) is 0.323. The van der Waals surface area contributed by atoms with Gasteiger partial charge in [-0.2, -0.15) is 5.10 Å². The molecule has 1 aromatic carbocycles. The highest BCUT2D eigenvalue weighted by atomic mass is 16.5. The molecule has 1 aliphatic carbocycles. The van der Waals surface area contributed by atoms with Crippen molar-refractivity contribution < 1.29 is 19.4 Å². The van der Waals surface area contributed by atoms with Crippen LogP contribution in [0.4, 0.5) is 0 Å². The van der Waals surface area contributed by atoms with Gasteiger partial charge < -0.3 is 19.6 Å². The molecule has 2 amide bonds. The standard InChI is InChI=1S/C26H30N6O5/c33-23(18-1-2-18)29-9-7-26(36,8-10-29)16-31-17-27-22-21(25(31)35)15-28-32(22)20-5-3-19(4-6-20)24(34)30-11-13-37-14-12-30/h3-6,15,17-18,36H,1-2,7-14,16H2. The number of ether oxygens (including phenoxy) is 1. The predicted octanol–water partition coefficient (Wildman–Crippen LogP) is 0.818. The Hall–Kier alpha value is -3.57. The lowest BCUT2D eigenvalue weighted by Gasteiger charge is -2.38. The van der Waals surface area contributed by atoms with E-state index in [4.69, 9.17) is 4.74 Å². The third-order valence-corrected chi connectivity index (χ3v) is 7.61. The molecule has 1 N–H and O–H groups in total. The van der Waals surface area contributed by atoms with Gasteiger partial charge in [0.25, 0.3) is 11.5 Å². The number of morpholine rings is 1. The molecule has 4 heterocycles. The highest BCUT2D eigenvalue weighted by Crippen LogP contribution is 2.33. The van der Waals surface area contributed by atoms with Gasteiger partial charge in [0.15, 0.2) is 5.65 Å². The molecular formula is C26H30N6O5. The molecule has 194 valence electrons. The first-order chi connectivity index (χ1) is 17.9. The summed E-state index contributed by atoms with van der Waals surface area (Å²) in [4.78, 5) is 46.3. The van der Waals surface area contributed by atoms with Crippen molar-refractivity contribution in [2.24, 2.45) is 5.92 Å². The number of hydrogen-bond acceptors (Lipinski definition) is 7. The second-order valence-electron chi connectivity index (χ2n) is 10.2. The molecular weight excluding hydrogens is 476 g/mol. The number of benzene rings is 1. The number of likely N-dealkylation sites (tertiary alicyclic amines) is 1. The topological polar surface area (TPSA) is 123 Å². The lowest BCUT2D eigenvalue weighted by Crippen LogP contribution is -2.50. The van der Waals surface area contributed by atoms with E-state index in [0.29, 0.717) is 74.5 Å². The summed E-state index contributed by atoms with van der Waals surface area (Å²) < 4.78 is 8.31. The Morgan fingerprint density at radius 1 is 1.03 bits per heavy atom. The Balaban J connectivity index is 1.17.